The molecule has 0 aliphatic heterocycles. The van der Waals surface area contributed by atoms with Gasteiger partial charge in [0, 0.05) is 0 Å². The Labute approximate surface area is 129 Å². The lowest BCUT2D eigenvalue weighted by Gasteiger charge is -2.12. The van der Waals surface area contributed by atoms with E-state index >= 15 is 0 Å². The van der Waals surface area contributed by atoms with Crippen molar-refractivity contribution in [2.24, 2.45) is 0 Å². The Kier molecular flexibility index (Phi) is 5.90. The van der Waals surface area contributed by atoms with Gasteiger partial charge < -0.3 is 14.2 Å². The lowest BCUT2D eigenvalue weighted by Crippen LogP contribution is -2.11. The molecule has 0 spiro atoms. The Hall–Kier alpha value is -1.94. The van der Waals surface area contributed by atoms with E-state index in [1.165, 1.54) is 0 Å². The predicted molar refractivity (Wildman–Crippen MR) is 82.2 cm³/mol. The molecule has 0 bridgehead atoms. The molecule has 0 aliphatic carbocycles. The second kappa shape index (κ2) is 7.90. The highest BCUT2D eigenvalue weighted by molar-refractivity contribution is 7.53. The van der Waals surface area contributed by atoms with Crippen LogP contribution < -0.4 is 0 Å². The topological polar surface area (TPSA) is 72.8 Å². The molecule has 2 aromatic carbocycles. The molecule has 2 rings (SSSR count). The van der Waals surface area contributed by atoms with Crippen LogP contribution in [-0.2, 0) is 31.8 Å². The molecule has 0 aromatic heterocycles. The Balaban J connectivity index is 1.78. The van der Waals surface area contributed by atoms with E-state index in [0.29, 0.717) is 0 Å². The quantitative estimate of drug-likeness (QED) is 0.627. The highest BCUT2D eigenvalue weighted by Crippen LogP contribution is 2.42. The molecule has 0 saturated heterocycles. The third-order valence-corrected chi connectivity index (χ3v) is 4.04. The average molecular weight is 320 g/mol. The fourth-order valence-electron chi connectivity index (χ4n) is 1.74. The van der Waals surface area contributed by atoms with Gasteiger partial charge in [0.05, 0.1) is 6.61 Å². The van der Waals surface area contributed by atoms with Gasteiger partial charge in [-0.1, -0.05) is 60.7 Å². The average Bonchev–Trinajstić information content (AvgIpc) is 2.53. The molecule has 0 radical (unpaired) electrons. The monoisotopic (exact) mass is 320 g/mol. The van der Waals surface area contributed by atoms with Crippen molar-refractivity contribution in [1.82, 2.24) is 0 Å². The van der Waals surface area contributed by atoms with E-state index in [2.05, 4.69) is 0 Å². The molecule has 0 amide bonds. The first-order chi connectivity index (χ1) is 10.6. The van der Waals surface area contributed by atoms with Crippen LogP contribution in [0, 0.1) is 0 Å². The van der Waals surface area contributed by atoms with E-state index in [-0.39, 0.29) is 13.2 Å². The number of carbonyl (C=O) groups excluding carboxylic acids is 1. The first-order valence-electron chi connectivity index (χ1n) is 6.75. The van der Waals surface area contributed by atoms with Crippen LogP contribution >= 0.6 is 7.60 Å². The molecule has 1 unspecified atom stereocenters. The Morgan fingerprint density at radius 3 is 1.95 bits per heavy atom. The third-order valence-electron chi connectivity index (χ3n) is 2.85. The van der Waals surface area contributed by atoms with Crippen LogP contribution in [-0.4, -0.2) is 17.0 Å². The minimum atomic E-state index is -4.01. The minimum absolute atomic E-state index is 0.0272. The van der Waals surface area contributed by atoms with Crippen LogP contribution in [0.15, 0.2) is 60.7 Å². The molecule has 6 heteroatoms. The van der Waals surface area contributed by atoms with Gasteiger partial charge in [0.25, 0.3) is 0 Å². The molecule has 1 N–H and O–H groups in total. The summed E-state index contributed by atoms with van der Waals surface area (Å²) < 4.78 is 21.8. The minimum Gasteiger partial charge on any atom is -0.460 e. The summed E-state index contributed by atoms with van der Waals surface area (Å²) in [6, 6.07) is 18.1. The lowest BCUT2D eigenvalue weighted by atomic mass is 10.2. The van der Waals surface area contributed by atoms with Gasteiger partial charge in [-0.15, -0.1) is 0 Å². The predicted octanol–water partition coefficient (Wildman–Crippen LogP) is 3.13. The maximum Gasteiger partial charge on any atom is 0.339 e. The van der Waals surface area contributed by atoms with Gasteiger partial charge in [-0.25, -0.2) is 0 Å². The van der Waals surface area contributed by atoms with Crippen LogP contribution in [0.2, 0.25) is 0 Å². The number of hydrogen-bond donors (Lipinski definition) is 1. The Morgan fingerprint density at radius 2 is 1.41 bits per heavy atom. The fourth-order valence-corrected chi connectivity index (χ4v) is 2.60. The van der Waals surface area contributed by atoms with Crippen LogP contribution in [0.3, 0.4) is 0 Å². The standard InChI is InChI=1S/C16H17O5P/c17-16(20-11-14-7-3-1-4-8-14)13-22(18,19)21-12-15-9-5-2-6-10-15/h1-10H,11-13H2,(H,18,19). The summed E-state index contributed by atoms with van der Waals surface area (Å²) in [5.41, 5.74) is 1.57. The number of carbonyl (C=O) groups is 1. The van der Waals surface area contributed by atoms with E-state index in [0.717, 1.165) is 11.1 Å². The first-order valence-corrected chi connectivity index (χ1v) is 8.51. The SMILES string of the molecule is O=C(CP(=O)(O)OCc1ccccc1)OCc1ccccc1. The van der Waals surface area contributed by atoms with Crippen molar-refractivity contribution in [2.45, 2.75) is 13.2 Å². The van der Waals surface area contributed by atoms with Gasteiger partial charge >= 0.3 is 13.6 Å². The van der Waals surface area contributed by atoms with Crippen molar-refractivity contribution in [3.63, 3.8) is 0 Å². The molecule has 1 atom stereocenters. The van der Waals surface area contributed by atoms with E-state index < -0.39 is 19.7 Å². The second-order valence-electron chi connectivity index (χ2n) is 4.70. The zero-order chi connectivity index (χ0) is 15.8. The van der Waals surface area contributed by atoms with Crippen molar-refractivity contribution in [2.75, 3.05) is 6.16 Å². The number of rotatable bonds is 7. The van der Waals surface area contributed by atoms with E-state index in [1.807, 2.05) is 24.3 Å². The van der Waals surface area contributed by atoms with Crippen LogP contribution in [0.1, 0.15) is 11.1 Å². The van der Waals surface area contributed by atoms with Gasteiger partial charge in [0.1, 0.15) is 12.8 Å². The maximum atomic E-state index is 11.8. The summed E-state index contributed by atoms with van der Waals surface area (Å²) in [6.07, 6.45) is -0.660. The summed E-state index contributed by atoms with van der Waals surface area (Å²) in [5.74, 6) is -0.761. The molecule has 0 fully saturated rings. The number of esters is 1. The summed E-state index contributed by atoms with van der Waals surface area (Å²) in [4.78, 5) is 21.3. The molecule has 116 valence electrons. The zero-order valence-corrected chi connectivity index (χ0v) is 12.8. The number of benzene rings is 2. The maximum absolute atomic E-state index is 11.8. The molecule has 0 aliphatic rings. The highest BCUT2D eigenvalue weighted by atomic mass is 31.2. The van der Waals surface area contributed by atoms with Crippen LogP contribution in [0.25, 0.3) is 0 Å². The highest BCUT2D eigenvalue weighted by Gasteiger charge is 2.25. The largest absolute Gasteiger partial charge is 0.460 e. The Morgan fingerprint density at radius 1 is 0.909 bits per heavy atom. The fraction of sp³-hybridized carbons (Fsp3) is 0.188. The normalized spacial score (nSPS) is 13.3. The Bertz CT molecular complexity index is 642. The zero-order valence-electron chi connectivity index (χ0n) is 11.9. The smallest absolute Gasteiger partial charge is 0.339 e. The lowest BCUT2D eigenvalue weighted by molar-refractivity contribution is -0.142. The van der Waals surface area contributed by atoms with Gasteiger partial charge in [0.2, 0.25) is 0 Å². The van der Waals surface area contributed by atoms with Crippen LogP contribution in [0.4, 0.5) is 0 Å². The van der Waals surface area contributed by atoms with Crippen molar-refractivity contribution in [1.29, 1.82) is 0 Å². The summed E-state index contributed by atoms with van der Waals surface area (Å²) in [7, 11) is -4.01. The summed E-state index contributed by atoms with van der Waals surface area (Å²) in [6.45, 7) is 0.0406. The molecule has 2 aromatic rings. The number of hydrogen-bond acceptors (Lipinski definition) is 4. The van der Waals surface area contributed by atoms with Gasteiger partial charge in [0.15, 0.2) is 0 Å². The van der Waals surface area contributed by atoms with E-state index in [9.17, 15) is 14.3 Å². The van der Waals surface area contributed by atoms with Crippen molar-refractivity contribution < 1.29 is 23.5 Å². The summed E-state index contributed by atoms with van der Waals surface area (Å²) in [5, 5.41) is 0. The van der Waals surface area contributed by atoms with Crippen LogP contribution in [0.5, 0.6) is 0 Å². The van der Waals surface area contributed by atoms with Crippen molar-refractivity contribution in [3.05, 3.63) is 71.8 Å². The third kappa shape index (κ3) is 5.82. The summed E-state index contributed by atoms with van der Waals surface area (Å²) >= 11 is 0. The number of ether oxygens (including phenoxy) is 1. The molecule has 5 nitrogen and oxygen atoms in total. The van der Waals surface area contributed by atoms with Crippen molar-refractivity contribution in [3.8, 4) is 0 Å². The van der Waals surface area contributed by atoms with Crippen molar-refractivity contribution >= 4 is 13.6 Å². The van der Waals surface area contributed by atoms with Gasteiger partial charge in [-0.3, -0.25) is 9.36 Å². The molecular formula is C16H17O5P. The molecule has 22 heavy (non-hydrogen) atoms. The molecule has 0 saturated carbocycles. The van der Waals surface area contributed by atoms with Gasteiger partial charge in [-0.2, -0.15) is 0 Å². The molecular weight excluding hydrogens is 303 g/mol. The molecule has 0 heterocycles. The van der Waals surface area contributed by atoms with E-state index in [1.54, 1.807) is 36.4 Å². The second-order valence-corrected chi connectivity index (χ2v) is 6.55. The van der Waals surface area contributed by atoms with E-state index in [4.69, 9.17) is 9.26 Å². The first kappa shape index (κ1) is 16.4. The van der Waals surface area contributed by atoms with Gasteiger partial charge in [-0.05, 0) is 11.1 Å².